The van der Waals surface area contributed by atoms with E-state index < -0.39 is 17.8 Å². The fourth-order valence-corrected chi connectivity index (χ4v) is 1.26. The van der Waals surface area contributed by atoms with Gasteiger partial charge in [-0.3, -0.25) is 0 Å². The van der Waals surface area contributed by atoms with Gasteiger partial charge in [0.05, 0.1) is 13.7 Å². The maximum Gasteiger partial charge on any atom is 0.263 e. The van der Waals surface area contributed by atoms with Gasteiger partial charge in [-0.1, -0.05) is 0 Å². The zero-order valence-electron chi connectivity index (χ0n) is 8.34. The van der Waals surface area contributed by atoms with Crippen molar-refractivity contribution in [2.24, 2.45) is 4.99 Å². The van der Waals surface area contributed by atoms with Gasteiger partial charge in [-0.25, -0.2) is 23.0 Å². The summed E-state index contributed by atoms with van der Waals surface area (Å²) < 4.78 is 42.7. The molecule has 1 aromatic rings. The molecule has 0 atom stereocenters. The maximum absolute atomic E-state index is 13.3. The van der Waals surface area contributed by atoms with E-state index in [0.717, 1.165) is 6.07 Å². The summed E-state index contributed by atoms with van der Waals surface area (Å²) in [7, 11) is 1.20. The molecular weight excluding hydrogens is 223 g/mol. The van der Waals surface area contributed by atoms with Crippen molar-refractivity contribution in [2.75, 3.05) is 7.11 Å². The summed E-state index contributed by atoms with van der Waals surface area (Å²) in [5.41, 5.74) is -0.393. The van der Waals surface area contributed by atoms with Crippen LogP contribution in [0.3, 0.4) is 0 Å². The number of rotatable bonds is 4. The van der Waals surface area contributed by atoms with Crippen LogP contribution in [0.1, 0.15) is 17.6 Å². The van der Waals surface area contributed by atoms with Crippen molar-refractivity contribution < 1.29 is 22.7 Å². The van der Waals surface area contributed by atoms with Gasteiger partial charge in [0, 0.05) is 11.1 Å². The Bertz CT molecular complexity index is 428. The number of hydrogen-bond acceptors (Lipinski definition) is 3. The predicted molar refractivity (Wildman–Crippen MR) is 49.7 cm³/mol. The first-order valence-electron chi connectivity index (χ1n) is 4.28. The highest BCUT2D eigenvalue weighted by atomic mass is 19.3. The maximum atomic E-state index is 13.3. The number of alkyl halides is 2. The molecule has 0 saturated carbocycles. The van der Waals surface area contributed by atoms with E-state index in [4.69, 9.17) is 4.74 Å². The molecule has 3 nitrogen and oxygen atoms in total. The SMILES string of the molecule is COc1c(F)cc(C(F)F)cc1CN=C=O. The van der Waals surface area contributed by atoms with Crippen LogP contribution >= 0.6 is 0 Å². The predicted octanol–water partition coefficient (Wildman–Crippen LogP) is 2.61. The average Bonchev–Trinajstić information content (AvgIpc) is 2.25. The van der Waals surface area contributed by atoms with Crippen LogP contribution < -0.4 is 4.74 Å². The number of carbonyl (C=O) groups excluding carboxylic acids is 1. The molecule has 0 aliphatic rings. The van der Waals surface area contributed by atoms with Crippen molar-refractivity contribution in [3.8, 4) is 5.75 Å². The highest BCUT2D eigenvalue weighted by molar-refractivity contribution is 5.41. The van der Waals surface area contributed by atoms with Crippen LogP contribution in [0, 0.1) is 5.82 Å². The van der Waals surface area contributed by atoms with Gasteiger partial charge in [0.2, 0.25) is 6.08 Å². The Morgan fingerprint density at radius 2 is 2.19 bits per heavy atom. The van der Waals surface area contributed by atoms with Crippen LogP contribution in [0.4, 0.5) is 13.2 Å². The van der Waals surface area contributed by atoms with Crippen molar-refractivity contribution in [3.63, 3.8) is 0 Å². The van der Waals surface area contributed by atoms with Crippen LogP contribution in [0.5, 0.6) is 5.75 Å². The normalized spacial score (nSPS) is 10.1. The van der Waals surface area contributed by atoms with Gasteiger partial charge in [-0.2, -0.15) is 0 Å². The van der Waals surface area contributed by atoms with Crippen molar-refractivity contribution in [3.05, 3.63) is 29.1 Å². The van der Waals surface area contributed by atoms with Crippen molar-refractivity contribution >= 4 is 6.08 Å². The van der Waals surface area contributed by atoms with E-state index in [1.165, 1.54) is 13.2 Å². The van der Waals surface area contributed by atoms with Gasteiger partial charge in [0.15, 0.2) is 11.6 Å². The topological polar surface area (TPSA) is 38.7 Å². The summed E-state index contributed by atoms with van der Waals surface area (Å²) in [5.74, 6) is -1.10. The lowest BCUT2D eigenvalue weighted by atomic mass is 10.1. The molecule has 86 valence electrons. The Morgan fingerprint density at radius 3 is 2.69 bits per heavy atom. The zero-order chi connectivity index (χ0) is 12.1. The molecular formula is C10H8F3NO2. The highest BCUT2D eigenvalue weighted by Crippen LogP contribution is 2.29. The molecule has 6 heteroatoms. The van der Waals surface area contributed by atoms with E-state index in [1.54, 1.807) is 0 Å². The minimum Gasteiger partial charge on any atom is -0.493 e. The fourth-order valence-electron chi connectivity index (χ4n) is 1.26. The third-order valence-corrected chi connectivity index (χ3v) is 1.91. The minimum atomic E-state index is -2.79. The van der Waals surface area contributed by atoms with Gasteiger partial charge >= 0.3 is 0 Å². The summed E-state index contributed by atoms with van der Waals surface area (Å²) in [6, 6.07) is 1.74. The molecule has 0 amide bonds. The number of ether oxygens (including phenoxy) is 1. The smallest absolute Gasteiger partial charge is 0.263 e. The summed E-state index contributed by atoms with van der Waals surface area (Å²) >= 11 is 0. The Labute approximate surface area is 89.6 Å². The molecule has 0 aliphatic heterocycles. The third kappa shape index (κ3) is 2.61. The number of isocyanates is 1. The number of nitrogens with zero attached hydrogens (tertiary/aromatic N) is 1. The Morgan fingerprint density at radius 1 is 1.50 bits per heavy atom. The zero-order valence-corrected chi connectivity index (χ0v) is 8.34. The van der Waals surface area contributed by atoms with E-state index in [9.17, 15) is 18.0 Å². The van der Waals surface area contributed by atoms with Crippen LogP contribution in [0.15, 0.2) is 17.1 Å². The lowest BCUT2D eigenvalue weighted by molar-refractivity contribution is 0.150. The quantitative estimate of drug-likeness (QED) is 0.590. The molecule has 0 heterocycles. The molecule has 1 aromatic carbocycles. The molecule has 16 heavy (non-hydrogen) atoms. The molecule has 0 unspecified atom stereocenters. The second kappa shape index (κ2) is 5.32. The largest absolute Gasteiger partial charge is 0.493 e. The minimum absolute atomic E-state index is 0.0844. The Kier molecular flexibility index (Phi) is 4.08. The monoisotopic (exact) mass is 231 g/mol. The molecule has 0 aromatic heterocycles. The van der Waals surface area contributed by atoms with E-state index in [1.807, 2.05) is 0 Å². The van der Waals surface area contributed by atoms with E-state index in [2.05, 4.69) is 4.99 Å². The van der Waals surface area contributed by atoms with Crippen molar-refractivity contribution in [2.45, 2.75) is 13.0 Å². The lowest BCUT2D eigenvalue weighted by Gasteiger charge is -2.09. The summed E-state index contributed by atoms with van der Waals surface area (Å²) in [6.07, 6.45) is -1.55. The van der Waals surface area contributed by atoms with Gasteiger partial charge in [-0.05, 0) is 12.1 Å². The first-order chi connectivity index (χ1) is 7.60. The van der Waals surface area contributed by atoms with Gasteiger partial charge in [-0.15, -0.1) is 0 Å². The van der Waals surface area contributed by atoms with E-state index in [0.29, 0.717) is 6.07 Å². The third-order valence-electron chi connectivity index (χ3n) is 1.91. The number of hydrogen-bond donors (Lipinski definition) is 0. The van der Waals surface area contributed by atoms with E-state index in [-0.39, 0.29) is 17.9 Å². The summed E-state index contributed by atoms with van der Waals surface area (Å²) in [6.45, 7) is -0.246. The number of methoxy groups -OCH3 is 1. The van der Waals surface area contributed by atoms with Gasteiger partial charge < -0.3 is 4.74 Å². The van der Waals surface area contributed by atoms with Crippen LogP contribution in [-0.4, -0.2) is 13.2 Å². The van der Waals surface area contributed by atoms with Gasteiger partial charge in [0.25, 0.3) is 6.43 Å². The molecule has 0 N–H and O–H groups in total. The molecule has 0 fully saturated rings. The second-order valence-corrected chi connectivity index (χ2v) is 2.90. The first-order valence-corrected chi connectivity index (χ1v) is 4.28. The van der Waals surface area contributed by atoms with Crippen LogP contribution in [0.2, 0.25) is 0 Å². The molecule has 0 radical (unpaired) electrons. The lowest BCUT2D eigenvalue weighted by Crippen LogP contribution is -1.98. The Balaban J connectivity index is 3.24. The second-order valence-electron chi connectivity index (χ2n) is 2.90. The number of benzene rings is 1. The van der Waals surface area contributed by atoms with Crippen molar-refractivity contribution in [1.82, 2.24) is 0 Å². The fraction of sp³-hybridized carbons (Fsp3) is 0.300. The molecule has 0 spiro atoms. The summed E-state index contributed by atoms with van der Waals surface area (Å²) in [5, 5.41) is 0. The first kappa shape index (κ1) is 12.3. The molecule has 1 rings (SSSR count). The highest BCUT2D eigenvalue weighted by Gasteiger charge is 2.16. The van der Waals surface area contributed by atoms with Gasteiger partial charge in [0.1, 0.15) is 0 Å². The summed E-state index contributed by atoms with van der Waals surface area (Å²) in [4.78, 5) is 13.1. The van der Waals surface area contributed by atoms with Crippen LogP contribution in [-0.2, 0) is 11.3 Å². The Hall–Kier alpha value is -1.81. The standard InChI is InChI=1S/C10H8F3NO2/c1-16-9-7(4-14-5-15)2-6(10(12)13)3-8(9)11/h2-3,10H,4H2,1H3. The number of halogens is 3. The average molecular weight is 231 g/mol. The van der Waals surface area contributed by atoms with Crippen molar-refractivity contribution in [1.29, 1.82) is 0 Å². The number of aliphatic imine (C=N–C) groups is 1. The molecule has 0 bridgehead atoms. The molecule has 0 saturated heterocycles. The van der Waals surface area contributed by atoms with E-state index >= 15 is 0 Å². The van der Waals surface area contributed by atoms with Crippen LogP contribution in [0.25, 0.3) is 0 Å². The molecule has 0 aliphatic carbocycles.